The lowest BCUT2D eigenvalue weighted by atomic mass is 9.97. The number of nitrogens with one attached hydrogen (secondary N) is 1. The highest BCUT2D eigenvalue weighted by molar-refractivity contribution is 5.20. The van der Waals surface area contributed by atoms with Gasteiger partial charge in [-0.2, -0.15) is 5.10 Å². The van der Waals surface area contributed by atoms with E-state index in [9.17, 15) is 4.79 Å². The van der Waals surface area contributed by atoms with Crippen LogP contribution in [-0.4, -0.2) is 48.3 Å². The highest BCUT2D eigenvalue weighted by Gasteiger charge is 2.34. The Hall–Kier alpha value is -1.24. The molecule has 3 heterocycles. The summed E-state index contributed by atoms with van der Waals surface area (Å²) >= 11 is 0. The average molecular weight is 291 g/mol. The predicted molar refractivity (Wildman–Crippen MR) is 76.5 cm³/mol. The highest BCUT2D eigenvalue weighted by Crippen LogP contribution is 2.22. The van der Waals surface area contributed by atoms with Crippen molar-refractivity contribution in [2.75, 3.05) is 26.4 Å². The van der Waals surface area contributed by atoms with Crippen LogP contribution in [0.5, 0.6) is 0 Å². The topological polar surface area (TPSA) is 65.4 Å². The first-order valence-corrected chi connectivity index (χ1v) is 7.84. The summed E-state index contributed by atoms with van der Waals surface area (Å²) < 4.78 is 12.4. The summed E-state index contributed by atoms with van der Waals surface area (Å²) in [6.07, 6.45) is 4.30. The standard InChI is InChI=1S/C15H21N3O3/c19-15-5-10-3-1-2-4-12(10)17-18(15)14-9-21-8-13(14)16-11-6-20-7-11/h5,11,13-14,16H,1-4,6-9H2. The molecule has 1 aromatic rings. The van der Waals surface area contributed by atoms with Crippen molar-refractivity contribution in [2.24, 2.45) is 0 Å². The fourth-order valence-corrected chi connectivity index (χ4v) is 3.39. The van der Waals surface area contributed by atoms with E-state index in [0.717, 1.165) is 43.7 Å². The van der Waals surface area contributed by atoms with Gasteiger partial charge in [-0.3, -0.25) is 4.79 Å². The number of hydrogen-bond donors (Lipinski definition) is 1. The zero-order chi connectivity index (χ0) is 14.2. The molecule has 3 aliphatic rings. The van der Waals surface area contributed by atoms with E-state index in [2.05, 4.69) is 10.4 Å². The second-order valence-electron chi connectivity index (χ2n) is 6.22. The number of hydrogen-bond acceptors (Lipinski definition) is 5. The predicted octanol–water partition coefficient (Wildman–Crippen LogP) is 0.0504. The fourth-order valence-electron chi connectivity index (χ4n) is 3.39. The Kier molecular flexibility index (Phi) is 3.52. The molecule has 1 N–H and O–H groups in total. The summed E-state index contributed by atoms with van der Waals surface area (Å²) in [5.41, 5.74) is 2.24. The molecule has 114 valence electrons. The zero-order valence-corrected chi connectivity index (χ0v) is 12.1. The maximum Gasteiger partial charge on any atom is 0.267 e. The van der Waals surface area contributed by atoms with Gasteiger partial charge in [0.05, 0.1) is 50.2 Å². The molecule has 4 rings (SSSR count). The van der Waals surface area contributed by atoms with Crippen LogP contribution >= 0.6 is 0 Å². The van der Waals surface area contributed by atoms with E-state index < -0.39 is 0 Å². The van der Waals surface area contributed by atoms with Gasteiger partial charge < -0.3 is 14.8 Å². The largest absolute Gasteiger partial charge is 0.378 e. The van der Waals surface area contributed by atoms with Gasteiger partial charge in [0, 0.05) is 6.07 Å². The van der Waals surface area contributed by atoms with Crippen molar-refractivity contribution in [3.05, 3.63) is 27.7 Å². The van der Waals surface area contributed by atoms with Crippen molar-refractivity contribution in [1.82, 2.24) is 15.1 Å². The summed E-state index contributed by atoms with van der Waals surface area (Å²) in [5.74, 6) is 0. The van der Waals surface area contributed by atoms with Crippen LogP contribution in [0.15, 0.2) is 10.9 Å². The minimum atomic E-state index is -0.00896. The van der Waals surface area contributed by atoms with Gasteiger partial charge in [0.2, 0.25) is 0 Å². The molecule has 2 saturated heterocycles. The Balaban J connectivity index is 1.60. The molecular weight excluding hydrogens is 270 g/mol. The summed E-state index contributed by atoms with van der Waals surface area (Å²) in [5, 5.41) is 8.17. The van der Waals surface area contributed by atoms with Crippen molar-refractivity contribution in [2.45, 2.75) is 43.8 Å². The van der Waals surface area contributed by atoms with Gasteiger partial charge in [-0.05, 0) is 31.2 Å². The second kappa shape index (κ2) is 5.51. The molecule has 1 aliphatic carbocycles. The molecule has 21 heavy (non-hydrogen) atoms. The van der Waals surface area contributed by atoms with E-state index in [4.69, 9.17) is 9.47 Å². The number of aryl methyl sites for hydroxylation is 2. The van der Waals surface area contributed by atoms with Gasteiger partial charge in [-0.25, -0.2) is 4.68 Å². The molecule has 0 aromatic carbocycles. The first-order chi connectivity index (χ1) is 10.3. The minimum Gasteiger partial charge on any atom is -0.378 e. The van der Waals surface area contributed by atoms with Crippen molar-refractivity contribution in [3.8, 4) is 0 Å². The quantitative estimate of drug-likeness (QED) is 0.852. The average Bonchev–Trinajstić information content (AvgIpc) is 2.90. The maximum atomic E-state index is 12.4. The molecule has 6 heteroatoms. The summed E-state index contributed by atoms with van der Waals surface area (Å²) in [6, 6.07) is 2.30. The van der Waals surface area contributed by atoms with Gasteiger partial charge in [0.25, 0.3) is 5.56 Å². The van der Waals surface area contributed by atoms with Crippen LogP contribution in [0, 0.1) is 0 Å². The smallest absolute Gasteiger partial charge is 0.267 e. The molecular formula is C15H21N3O3. The molecule has 0 spiro atoms. The number of rotatable bonds is 3. The van der Waals surface area contributed by atoms with Crippen molar-refractivity contribution < 1.29 is 9.47 Å². The third-order valence-electron chi connectivity index (χ3n) is 4.68. The Morgan fingerprint density at radius 2 is 1.95 bits per heavy atom. The Labute approximate surface area is 123 Å². The minimum absolute atomic E-state index is 0.00260. The Bertz CT molecular complexity index is 582. The number of aromatic nitrogens is 2. The van der Waals surface area contributed by atoms with Crippen LogP contribution < -0.4 is 10.9 Å². The molecule has 2 fully saturated rings. The van der Waals surface area contributed by atoms with Crippen LogP contribution in [0.4, 0.5) is 0 Å². The van der Waals surface area contributed by atoms with E-state index in [-0.39, 0.29) is 17.6 Å². The first kappa shape index (κ1) is 13.4. The third-order valence-corrected chi connectivity index (χ3v) is 4.68. The molecule has 0 saturated carbocycles. The third kappa shape index (κ3) is 2.52. The van der Waals surface area contributed by atoms with E-state index in [0.29, 0.717) is 19.3 Å². The number of fused-ring (bicyclic) bond motifs is 1. The number of nitrogens with zero attached hydrogens (tertiary/aromatic N) is 2. The zero-order valence-electron chi connectivity index (χ0n) is 12.1. The van der Waals surface area contributed by atoms with Crippen molar-refractivity contribution >= 4 is 0 Å². The van der Waals surface area contributed by atoms with Crippen LogP contribution in [0.3, 0.4) is 0 Å². The van der Waals surface area contributed by atoms with Crippen LogP contribution in [0.2, 0.25) is 0 Å². The summed E-state index contributed by atoms with van der Waals surface area (Å²) in [7, 11) is 0. The van der Waals surface area contributed by atoms with Gasteiger partial charge in [0.15, 0.2) is 0 Å². The maximum absolute atomic E-state index is 12.4. The lowest BCUT2D eigenvalue weighted by Crippen LogP contribution is -2.53. The monoisotopic (exact) mass is 291 g/mol. The molecule has 0 radical (unpaired) electrons. The Morgan fingerprint density at radius 3 is 2.76 bits per heavy atom. The second-order valence-corrected chi connectivity index (χ2v) is 6.22. The molecule has 6 nitrogen and oxygen atoms in total. The Morgan fingerprint density at radius 1 is 1.14 bits per heavy atom. The first-order valence-electron chi connectivity index (χ1n) is 7.84. The lowest BCUT2D eigenvalue weighted by molar-refractivity contribution is -0.0120. The van der Waals surface area contributed by atoms with E-state index in [1.807, 2.05) is 0 Å². The van der Waals surface area contributed by atoms with E-state index in [1.54, 1.807) is 10.7 Å². The molecule has 1 aromatic heterocycles. The van der Waals surface area contributed by atoms with Crippen LogP contribution in [0.25, 0.3) is 0 Å². The lowest BCUT2D eigenvalue weighted by Gasteiger charge is -2.32. The molecule has 2 atom stereocenters. The summed E-state index contributed by atoms with van der Waals surface area (Å²) in [6.45, 7) is 2.68. The fraction of sp³-hybridized carbons (Fsp3) is 0.733. The SMILES string of the molecule is O=c1cc2c(nn1C1COCC1NC1COC1)CCCC2. The van der Waals surface area contributed by atoms with Gasteiger partial charge in [-0.1, -0.05) is 0 Å². The molecule has 0 bridgehead atoms. The van der Waals surface area contributed by atoms with E-state index >= 15 is 0 Å². The molecule has 2 aliphatic heterocycles. The van der Waals surface area contributed by atoms with Crippen molar-refractivity contribution in [1.29, 1.82) is 0 Å². The van der Waals surface area contributed by atoms with Crippen LogP contribution in [0.1, 0.15) is 30.1 Å². The number of ether oxygens (including phenoxy) is 2. The molecule has 2 unspecified atom stereocenters. The highest BCUT2D eigenvalue weighted by atomic mass is 16.5. The normalized spacial score (nSPS) is 29.1. The van der Waals surface area contributed by atoms with Crippen LogP contribution in [-0.2, 0) is 22.3 Å². The molecule has 0 amide bonds. The van der Waals surface area contributed by atoms with Gasteiger partial charge >= 0.3 is 0 Å². The van der Waals surface area contributed by atoms with Crippen molar-refractivity contribution in [3.63, 3.8) is 0 Å². The van der Waals surface area contributed by atoms with Gasteiger partial charge in [0.1, 0.15) is 0 Å². The summed E-state index contributed by atoms with van der Waals surface area (Å²) in [4.78, 5) is 12.4. The van der Waals surface area contributed by atoms with Gasteiger partial charge in [-0.15, -0.1) is 0 Å². The van der Waals surface area contributed by atoms with E-state index in [1.165, 1.54) is 6.42 Å².